The molecule has 1 fully saturated rings. The Labute approximate surface area is 282 Å². The molecule has 0 saturated carbocycles. The van der Waals surface area contributed by atoms with Gasteiger partial charge in [-0.25, -0.2) is 4.68 Å². The largest absolute Gasteiger partial charge is 0.481 e. The molecule has 1 unspecified atom stereocenters. The number of carboxylic acids is 1. The molecule has 1 saturated heterocycles. The van der Waals surface area contributed by atoms with Gasteiger partial charge in [-0.2, -0.15) is 0 Å². The van der Waals surface area contributed by atoms with Gasteiger partial charge in [-0.3, -0.25) is 34.2 Å². The SMILES string of the molecule is O=C(O)CCOCCOCCOCCOCCOCCOCCn1cc(CNc2cccc3c2C(=O)N(C2CCC(=O)NC2=O)C3=O)nn1. The lowest BCUT2D eigenvalue weighted by Gasteiger charge is -2.27. The van der Waals surface area contributed by atoms with Crippen LogP contribution in [0.5, 0.6) is 0 Å². The molecule has 268 valence electrons. The number of nitrogens with one attached hydrogen (secondary N) is 2. The van der Waals surface area contributed by atoms with Gasteiger partial charge in [0.05, 0.1) is 116 Å². The van der Waals surface area contributed by atoms with Gasteiger partial charge in [0.15, 0.2) is 0 Å². The zero-order chi connectivity index (χ0) is 34.8. The van der Waals surface area contributed by atoms with E-state index in [0.29, 0.717) is 90.6 Å². The molecule has 1 aromatic carbocycles. The number of carbonyl (C=O) groups excluding carboxylic acids is 4. The van der Waals surface area contributed by atoms with Crippen molar-refractivity contribution in [3.05, 3.63) is 41.2 Å². The number of rotatable bonds is 25. The average molecular weight is 691 g/mol. The lowest BCUT2D eigenvalue weighted by Crippen LogP contribution is -2.54. The summed E-state index contributed by atoms with van der Waals surface area (Å²) in [6, 6.07) is 3.83. The van der Waals surface area contributed by atoms with Crippen molar-refractivity contribution in [1.29, 1.82) is 0 Å². The molecule has 0 radical (unpaired) electrons. The number of fused-ring (bicyclic) bond motifs is 1. The van der Waals surface area contributed by atoms with Crippen molar-refractivity contribution in [2.24, 2.45) is 0 Å². The van der Waals surface area contributed by atoms with Crippen LogP contribution in [0.25, 0.3) is 0 Å². The number of anilines is 1. The topological polar surface area (TPSA) is 219 Å². The van der Waals surface area contributed by atoms with Crippen molar-refractivity contribution >= 4 is 35.3 Å². The van der Waals surface area contributed by atoms with Crippen LogP contribution in [-0.4, -0.2) is 140 Å². The Kier molecular flexibility index (Phi) is 15.5. The number of ether oxygens (including phenoxy) is 6. The van der Waals surface area contributed by atoms with Crippen LogP contribution in [0.4, 0.5) is 5.69 Å². The number of hydrogen-bond donors (Lipinski definition) is 3. The molecule has 1 aromatic heterocycles. The molecule has 4 amide bonds. The molecule has 0 spiro atoms. The molecule has 2 aliphatic heterocycles. The zero-order valence-corrected chi connectivity index (χ0v) is 27.1. The maximum atomic E-state index is 13.2. The predicted octanol–water partition coefficient (Wildman–Crippen LogP) is -0.134. The van der Waals surface area contributed by atoms with Gasteiger partial charge in [0.2, 0.25) is 11.8 Å². The van der Waals surface area contributed by atoms with Crippen molar-refractivity contribution in [3.8, 4) is 0 Å². The summed E-state index contributed by atoms with van der Waals surface area (Å²) in [5, 5.41) is 22.1. The predicted molar refractivity (Wildman–Crippen MR) is 168 cm³/mol. The first kappa shape index (κ1) is 37.5. The van der Waals surface area contributed by atoms with Crippen LogP contribution in [0.2, 0.25) is 0 Å². The van der Waals surface area contributed by atoms with Gasteiger partial charge >= 0.3 is 5.97 Å². The standard InChI is InChI=1S/C31H42N6O12/c38-26-5-4-25(29(41)33-26)37-30(42)23-2-1-3-24(28(23)31(37)43)32-20-22-21-36(35-34-22)7-9-45-11-13-47-15-17-49-19-18-48-16-14-46-12-10-44-8-6-27(39)40/h1-3,21,25,32H,4-20H2,(H,39,40)(H,33,38,41). The molecule has 0 aliphatic carbocycles. The Balaban J connectivity index is 1.01. The number of carbonyl (C=O) groups is 5. The van der Waals surface area contributed by atoms with E-state index < -0.39 is 35.6 Å². The molecule has 18 nitrogen and oxygen atoms in total. The van der Waals surface area contributed by atoms with Gasteiger partial charge in [-0.15, -0.1) is 5.10 Å². The van der Waals surface area contributed by atoms with E-state index in [-0.39, 0.29) is 43.5 Å². The monoisotopic (exact) mass is 690 g/mol. The number of imide groups is 2. The van der Waals surface area contributed by atoms with Crippen LogP contribution in [0.3, 0.4) is 0 Å². The number of carboxylic acid groups (broad SMARTS) is 1. The molecule has 49 heavy (non-hydrogen) atoms. The minimum absolute atomic E-state index is 0.0217. The second-order valence-electron chi connectivity index (χ2n) is 10.8. The highest BCUT2D eigenvalue weighted by atomic mass is 16.6. The number of aliphatic carboxylic acids is 1. The first-order chi connectivity index (χ1) is 23.8. The molecule has 18 heteroatoms. The van der Waals surface area contributed by atoms with Gasteiger partial charge < -0.3 is 38.8 Å². The number of amides is 4. The zero-order valence-electron chi connectivity index (χ0n) is 27.1. The van der Waals surface area contributed by atoms with Gasteiger partial charge in [-0.05, 0) is 18.6 Å². The summed E-state index contributed by atoms with van der Waals surface area (Å²) < 4.78 is 34.0. The molecule has 2 aliphatic rings. The number of aromatic nitrogens is 3. The van der Waals surface area contributed by atoms with Crippen molar-refractivity contribution in [3.63, 3.8) is 0 Å². The van der Waals surface area contributed by atoms with Crippen molar-refractivity contribution in [2.75, 3.05) is 84.6 Å². The average Bonchev–Trinajstić information content (AvgIpc) is 3.64. The second-order valence-corrected chi connectivity index (χ2v) is 10.8. The molecule has 1 atom stereocenters. The van der Waals surface area contributed by atoms with Crippen molar-refractivity contribution in [2.45, 2.75) is 38.4 Å². The molecule has 0 bridgehead atoms. The van der Waals surface area contributed by atoms with E-state index in [1.165, 1.54) is 6.07 Å². The Morgan fingerprint density at radius 2 is 1.43 bits per heavy atom. The summed E-state index contributed by atoms with van der Waals surface area (Å²) in [5.74, 6) is -3.13. The van der Waals surface area contributed by atoms with E-state index in [2.05, 4.69) is 20.9 Å². The van der Waals surface area contributed by atoms with E-state index in [4.69, 9.17) is 33.5 Å². The van der Waals surface area contributed by atoms with Gasteiger partial charge in [-0.1, -0.05) is 11.3 Å². The van der Waals surface area contributed by atoms with Gasteiger partial charge in [0, 0.05) is 12.1 Å². The highest BCUT2D eigenvalue weighted by Crippen LogP contribution is 2.32. The van der Waals surface area contributed by atoms with E-state index in [1.54, 1.807) is 23.0 Å². The number of nitrogens with zero attached hydrogens (tertiary/aromatic N) is 4. The van der Waals surface area contributed by atoms with Crippen molar-refractivity contribution < 1.29 is 57.5 Å². The second kappa shape index (κ2) is 20.2. The maximum Gasteiger partial charge on any atom is 0.305 e. The number of piperidine rings is 1. The lowest BCUT2D eigenvalue weighted by molar-refractivity contribution is -0.138. The van der Waals surface area contributed by atoms with E-state index in [1.807, 2.05) is 0 Å². The highest BCUT2D eigenvalue weighted by molar-refractivity contribution is 6.25. The Morgan fingerprint density at radius 1 is 0.837 bits per heavy atom. The minimum Gasteiger partial charge on any atom is -0.481 e. The third kappa shape index (κ3) is 11.9. The molecule has 4 rings (SSSR count). The maximum absolute atomic E-state index is 13.2. The Bertz CT molecular complexity index is 1420. The summed E-state index contributed by atoms with van der Waals surface area (Å²) in [4.78, 5) is 61.4. The number of benzene rings is 1. The first-order valence-electron chi connectivity index (χ1n) is 16.0. The summed E-state index contributed by atoms with van der Waals surface area (Å²) >= 11 is 0. The Morgan fingerprint density at radius 3 is 2.02 bits per heavy atom. The fourth-order valence-electron chi connectivity index (χ4n) is 4.90. The fourth-order valence-corrected chi connectivity index (χ4v) is 4.90. The fraction of sp³-hybridized carbons (Fsp3) is 0.581. The lowest BCUT2D eigenvalue weighted by atomic mass is 10.0. The van der Waals surface area contributed by atoms with Crippen LogP contribution in [0, 0.1) is 0 Å². The smallest absolute Gasteiger partial charge is 0.305 e. The van der Waals surface area contributed by atoms with Gasteiger partial charge in [0.1, 0.15) is 11.7 Å². The van der Waals surface area contributed by atoms with Crippen LogP contribution in [0.15, 0.2) is 24.4 Å². The molecular formula is C31H42N6O12. The number of hydrogen-bond acceptors (Lipinski definition) is 14. The summed E-state index contributed by atoms with van der Waals surface area (Å²) in [6.07, 6.45) is 1.86. The van der Waals surface area contributed by atoms with E-state index in [0.717, 1.165) is 4.90 Å². The summed E-state index contributed by atoms with van der Waals surface area (Å²) in [5.41, 5.74) is 1.40. The van der Waals surface area contributed by atoms with E-state index in [9.17, 15) is 24.0 Å². The quantitative estimate of drug-likeness (QED) is 0.0913. The van der Waals surface area contributed by atoms with Crippen LogP contribution in [-0.2, 0) is 55.9 Å². The van der Waals surface area contributed by atoms with Crippen molar-refractivity contribution in [1.82, 2.24) is 25.2 Å². The Hall–Kier alpha value is -4.33. The van der Waals surface area contributed by atoms with Crippen LogP contribution < -0.4 is 10.6 Å². The van der Waals surface area contributed by atoms with Crippen LogP contribution >= 0.6 is 0 Å². The summed E-state index contributed by atoms with van der Waals surface area (Å²) in [7, 11) is 0. The third-order valence-corrected chi connectivity index (χ3v) is 7.30. The molecular weight excluding hydrogens is 648 g/mol. The molecule has 3 N–H and O–H groups in total. The normalized spacial score (nSPS) is 15.9. The molecule has 2 aromatic rings. The first-order valence-corrected chi connectivity index (χ1v) is 16.0. The minimum atomic E-state index is -1.03. The van der Waals surface area contributed by atoms with Gasteiger partial charge in [0.25, 0.3) is 11.8 Å². The van der Waals surface area contributed by atoms with Crippen LogP contribution in [0.1, 0.15) is 45.7 Å². The van der Waals surface area contributed by atoms with E-state index >= 15 is 0 Å². The highest BCUT2D eigenvalue weighted by Gasteiger charge is 2.45. The summed E-state index contributed by atoms with van der Waals surface area (Å²) in [6.45, 7) is 5.37. The third-order valence-electron chi connectivity index (χ3n) is 7.30. The molecule has 3 heterocycles.